The second-order valence-corrected chi connectivity index (χ2v) is 9.50. The molecule has 5 nitrogen and oxygen atoms in total. The van der Waals surface area contributed by atoms with Crippen LogP contribution in [0.3, 0.4) is 0 Å². The summed E-state index contributed by atoms with van der Waals surface area (Å²) in [4.78, 5) is 14.6. The summed E-state index contributed by atoms with van der Waals surface area (Å²) in [5.74, 6) is -0.650. The molecule has 1 aliphatic rings. The monoisotopic (exact) mass is 449 g/mol. The first-order valence-corrected chi connectivity index (χ1v) is 11.3. The van der Waals surface area contributed by atoms with Gasteiger partial charge in [-0.2, -0.15) is 0 Å². The summed E-state index contributed by atoms with van der Waals surface area (Å²) in [6.45, 7) is 6.91. The average molecular weight is 448 g/mol. The third kappa shape index (κ3) is 5.58. The van der Waals surface area contributed by atoms with Gasteiger partial charge in [0.2, 0.25) is 0 Å². The van der Waals surface area contributed by atoms with E-state index in [9.17, 15) is 4.79 Å². The summed E-state index contributed by atoms with van der Waals surface area (Å²) in [5.41, 5.74) is 1.06. The van der Waals surface area contributed by atoms with Gasteiger partial charge in [-0.1, -0.05) is 0 Å². The van der Waals surface area contributed by atoms with Gasteiger partial charge in [0.15, 0.2) is 0 Å². The van der Waals surface area contributed by atoms with E-state index in [4.69, 9.17) is 14.2 Å². The predicted octanol–water partition coefficient (Wildman–Crippen LogP) is 3.15. The number of hydrogen-bond donors (Lipinski definition) is 0. The van der Waals surface area contributed by atoms with Crippen LogP contribution in [0, 0.1) is 0 Å². The average Bonchev–Trinajstić information content (AvgIpc) is 3.06. The van der Waals surface area contributed by atoms with Gasteiger partial charge < -0.3 is 0 Å². The molecule has 6 heteroatoms. The molecule has 2 aromatic carbocycles. The number of rotatable bonds is 7. The normalized spacial score (nSPS) is 19.2. The SMILES string of the molecule is CCOC(=O)N(Cc1ccccc1)[C@@H]([Se]c1ccccc1)[C@H]1COC(C)(C)O1. The second kappa shape index (κ2) is 9.57. The van der Waals surface area contributed by atoms with Crippen LogP contribution in [0.5, 0.6) is 0 Å². The molecule has 0 bridgehead atoms. The van der Waals surface area contributed by atoms with Gasteiger partial charge in [-0.25, -0.2) is 0 Å². The van der Waals surface area contributed by atoms with Crippen LogP contribution in [0.25, 0.3) is 0 Å². The fourth-order valence-electron chi connectivity index (χ4n) is 3.08. The zero-order chi connectivity index (χ0) is 20.0. The molecule has 0 unspecified atom stereocenters. The molecule has 0 N–H and O–H groups in total. The zero-order valence-electron chi connectivity index (χ0n) is 16.5. The van der Waals surface area contributed by atoms with Gasteiger partial charge in [-0.05, 0) is 0 Å². The van der Waals surface area contributed by atoms with Gasteiger partial charge in [-0.15, -0.1) is 0 Å². The Balaban J connectivity index is 1.91. The third-order valence-corrected chi connectivity index (χ3v) is 7.17. The van der Waals surface area contributed by atoms with Crippen LogP contribution in [0.1, 0.15) is 26.3 Å². The molecule has 1 heterocycles. The van der Waals surface area contributed by atoms with Gasteiger partial charge in [0, 0.05) is 0 Å². The first-order valence-electron chi connectivity index (χ1n) is 9.49. The summed E-state index contributed by atoms with van der Waals surface area (Å²) in [7, 11) is 0. The van der Waals surface area contributed by atoms with Crippen molar-refractivity contribution in [3.05, 3.63) is 66.2 Å². The number of nitrogens with zero attached hydrogens (tertiary/aromatic N) is 1. The Morgan fingerprint density at radius 1 is 1.18 bits per heavy atom. The molecule has 0 aromatic heterocycles. The van der Waals surface area contributed by atoms with Crippen molar-refractivity contribution in [2.75, 3.05) is 13.2 Å². The molecule has 1 fully saturated rings. The van der Waals surface area contributed by atoms with Crippen LogP contribution in [0.4, 0.5) is 4.79 Å². The fraction of sp³-hybridized carbons (Fsp3) is 0.409. The Kier molecular flexibility index (Phi) is 7.13. The van der Waals surface area contributed by atoms with Gasteiger partial charge in [0.25, 0.3) is 0 Å². The first kappa shape index (κ1) is 20.9. The van der Waals surface area contributed by atoms with Crippen molar-refractivity contribution in [1.29, 1.82) is 0 Å². The molecule has 1 amide bonds. The van der Waals surface area contributed by atoms with Crippen LogP contribution in [-0.4, -0.2) is 56.0 Å². The van der Waals surface area contributed by atoms with Crippen molar-refractivity contribution < 1.29 is 19.0 Å². The molecular formula is C22H27NO4Se. The minimum atomic E-state index is -0.650. The quantitative estimate of drug-likeness (QED) is 0.611. The van der Waals surface area contributed by atoms with E-state index in [0.29, 0.717) is 19.8 Å². The van der Waals surface area contributed by atoms with Crippen LogP contribution in [-0.2, 0) is 20.8 Å². The van der Waals surface area contributed by atoms with Crippen molar-refractivity contribution in [3.8, 4) is 0 Å². The van der Waals surface area contributed by atoms with E-state index in [1.165, 1.54) is 4.46 Å². The number of amides is 1. The fourth-order valence-corrected chi connectivity index (χ4v) is 5.53. The van der Waals surface area contributed by atoms with Crippen LogP contribution in [0.2, 0.25) is 0 Å². The van der Waals surface area contributed by atoms with Crippen molar-refractivity contribution >= 4 is 25.5 Å². The maximum atomic E-state index is 12.9. The van der Waals surface area contributed by atoms with Gasteiger partial charge in [0.05, 0.1) is 0 Å². The Hall–Kier alpha value is -1.85. The zero-order valence-corrected chi connectivity index (χ0v) is 18.3. The number of benzene rings is 2. The van der Waals surface area contributed by atoms with E-state index in [1.54, 1.807) is 4.90 Å². The number of ether oxygens (including phenoxy) is 3. The van der Waals surface area contributed by atoms with E-state index in [0.717, 1.165) is 5.56 Å². The van der Waals surface area contributed by atoms with E-state index >= 15 is 0 Å². The molecule has 2 atom stereocenters. The molecular weight excluding hydrogens is 421 g/mol. The topological polar surface area (TPSA) is 48.0 Å². The van der Waals surface area contributed by atoms with Crippen molar-refractivity contribution in [1.82, 2.24) is 4.90 Å². The Labute approximate surface area is 173 Å². The van der Waals surface area contributed by atoms with Crippen molar-refractivity contribution in [2.45, 2.75) is 44.1 Å². The molecule has 0 aliphatic carbocycles. The van der Waals surface area contributed by atoms with Crippen molar-refractivity contribution in [3.63, 3.8) is 0 Å². The second-order valence-electron chi connectivity index (χ2n) is 7.00. The standard InChI is InChI=1S/C22H27NO4Se/c1-4-25-21(24)23(15-17-11-7-5-8-12-17)20(19-16-26-22(2,3)27-19)28-18-13-9-6-10-14-18/h5-14,19-20H,4,15-16H2,1-3H3/t19-,20+/m1/s1. The number of carbonyl (C=O) groups excluding carboxylic acids is 1. The predicted molar refractivity (Wildman–Crippen MR) is 110 cm³/mol. The van der Waals surface area contributed by atoms with E-state index in [1.807, 2.05) is 69.3 Å². The first-order chi connectivity index (χ1) is 13.5. The van der Waals surface area contributed by atoms with Gasteiger partial charge in [0.1, 0.15) is 0 Å². The van der Waals surface area contributed by atoms with Crippen LogP contribution in [0.15, 0.2) is 60.7 Å². The molecule has 0 spiro atoms. The Morgan fingerprint density at radius 3 is 2.39 bits per heavy atom. The summed E-state index contributed by atoms with van der Waals surface area (Å²) in [6, 6.07) is 20.2. The summed E-state index contributed by atoms with van der Waals surface area (Å²) in [6.07, 6.45) is -0.522. The Morgan fingerprint density at radius 2 is 1.82 bits per heavy atom. The summed E-state index contributed by atoms with van der Waals surface area (Å²) in [5, 5.41) is 0. The van der Waals surface area contributed by atoms with Crippen molar-refractivity contribution in [2.24, 2.45) is 0 Å². The Bertz CT molecular complexity index is 754. The summed E-state index contributed by atoms with van der Waals surface area (Å²) < 4.78 is 18.6. The maximum absolute atomic E-state index is 12.9. The third-order valence-electron chi connectivity index (χ3n) is 4.35. The molecule has 1 saturated heterocycles. The van der Waals surface area contributed by atoms with Crippen LogP contribution < -0.4 is 4.46 Å². The van der Waals surface area contributed by atoms with Crippen LogP contribution >= 0.6 is 0 Å². The van der Waals surface area contributed by atoms with E-state index in [-0.39, 0.29) is 32.1 Å². The van der Waals surface area contributed by atoms with Gasteiger partial charge in [-0.3, -0.25) is 0 Å². The van der Waals surface area contributed by atoms with Gasteiger partial charge >= 0.3 is 173 Å². The molecule has 2 aromatic rings. The minimum absolute atomic E-state index is 0.0305. The number of carbonyl (C=O) groups is 1. The number of hydrogen-bond acceptors (Lipinski definition) is 4. The molecule has 3 rings (SSSR count). The molecule has 28 heavy (non-hydrogen) atoms. The molecule has 150 valence electrons. The summed E-state index contributed by atoms with van der Waals surface area (Å²) >= 11 is -0.0305. The molecule has 0 saturated carbocycles. The molecule has 0 radical (unpaired) electrons. The van der Waals surface area contributed by atoms with E-state index in [2.05, 4.69) is 12.1 Å². The van der Waals surface area contributed by atoms with E-state index < -0.39 is 5.79 Å². The molecule has 1 aliphatic heterocycles.